The number of aliphatic hydroxyl groups excluding tert-OH is 1. The molecule has 0 spiro atoms. The molecule has 0 saturated heterocycles. The Bertz CT molecular complexity index is 1180. The van der Waals surface area contributed by atoms with Gasteiger partial charge >= 0.3 is 151 Å². The Hall–Kier alpha value is -2.90. The summed E-state index contributed by atoms with van der Waals surface area (Å²) in [4.78, 5) is 11.5. The maximum atomic E-state index is 9.72. The molecule has 1 aliphatic carbocycles. The van der Waals surface area contributed by atoms with Crippen molar-refractivity contribution in [3.63, 3.8) is 0 Å². The monoisotopic (exact) mass is 445 g/mol. The molecule has 0 bridgehead atoms. The molecule has 6 nitrogen and oxygen atoms in total. The molecule has 2 N–H and O–H groups in total. The first-order valence-electron chi connectivity index (χ1n) is 10.6. The molecule has 0 unspecified atom stereocenters. The quantitative estimate of drug-likeness (QED) is 0.541. The fourth-order valence-corrected chi connectivity index (χ4v) is 4.55. The van der Waals surface area contributed by atoms with Gasteiger partial charge in [0, 0.05) is 0 Å². The van der Waals surface area contributed by atoms with E-state index in [1.165, 1.54) is 0 Å². The third-order valence-electron chi connectivity index (χ3n) is 6.21. The molecule has 1 fully saturated rings. The number of hydrogen-bond donors (Lipinski definition) is 2. The van der Waals surface area contributed by atoms with E-state index < -0.39 is 5.54 Å². The number of halogens is 1. The van der Waals surface area contributed by atoms with E-state index in [-0.39, 0.29) is 5.65 Å². The molecule has 0 atom stereocenters. The zero-order chi connectivity index (χ0) is 22.3. The zero-order valence-corrected chi connectivity index (χ0v) is 18.6. The molecule has 32 heavy (non-hydrogen) atoms. The van der Waals surface area contributed by atoms with Gasteiger partial charge in [-0.3, -0.25) is 0 Å². The first-order chi connectivity index (χ1) is 15.5. The van der Waals surface area contributed by atoms with Gasteiger partial charge in [0.1, 0.15) is 0 Å². The number of anilines is 1. The van der Waals surface area contributed by atoms with E-state index in [1.54, 1.807) is 7.11 Å². The first-order valence-corrected chi connectivity index (χ1v) is 11.0. The molecular formula is C24H23BClN4O2. The average Bonchev–Trinajstić information content (AvgIpc) is 3.49. The summed E-state index contributed by atoms with van der Waals surface area (Å²) in [6, 6.07) is 16.2. The van der Waals surface area contributed by atoms with Crippen LogP contribution in [0.25, 0.3) is 11.1 Å². The van der Waals surface area contributed by atoms with E-state index in [0.717, 1.165) is 40.9 Å². The van der Waals surface area contributed by atoms with Crippen molar-refractivity contribution >= 4 is 30.4 Å². The van der Waals surface area contributed by atoms with Crippen LogP contribution >= 0.6 is 11.6 Å². The number of ether oxygens (including phenoxy) is 1. The molecule has 2 aliphatic rings. The summed E-state index contributed by atoms with van der Waals surface area (Å²) in [5.74, 6) is 1.18. The topological polar surface area (TPSA) is 70.5 Å². The van der Waals surface area contributed by atoms with Crippen LogP contribution in [0, 0.1) is 0 Å². The van der Waals surface area contributed by atoms with Crippen molar-refractivity contribution in [3.05, 3.63) is 70.6 Å². The Morgan fingerprint density at radius 2 is 1.94 bits per heavy atom. The van der Waals surface area contributed by atoms with Crippen LogP contribution in [0.4, 0.5) is 5.69 Å². The summed E-state index contributed by atoms with van der Waals surface area (Å²) >= 11 is 6.85. The predicted molar refractivity (Wildman–Crippen MR) is 127 cm³/mol. The fraction of sp³-hybridized carbons (Fsp3) is 0.292. The summed E-state index contributed by atoms with van der Waals surface area (Å²) in [6.45, 7) is 1.62. The first kappa shape index (κ1) is 21.0. The van der Waals surface area contributed by atoms with Gasteiger partial charge in [-0.1, -0.05) is 36.4 Å². The molecule has 3 aromatic rings. The van der Waals surface area contributed by atoms with Crippen LogP contribution in [0.2, 0.25) is 5.02 Å². The number of hydrogen-bond acceptors (Lipinski definition) is 6. The summed E-state index contributed by atoms with van der Waals surface area (Å²) in [5.41, 5.74) is 4.32. The number of aliphatic hydroxyl groups is 1. The van der Waals surface area contributed by atoms with Crippen molar-refractivity contribution in [2.45, 2.75) is 38.0 Å². The number of benzene rings is 2. The summed E-state index contributed by atoms with van der Waals surface area (Å²) < 4.78 is 5.58. The Morgan fingerprint density at radius 1 is 1.16 bits per heavy atom. The average molecular weight is 446 g/mol. The van der Waals surface area contributed by atoms with Crippen LogP contribution in [0.1, 0.15) is 29.9 Å². The molecule has 161 valence electrons. The Balaban J connectivity index is 1.41. The van der Waals surface area contributed by atoms with Crippen molar-refractivity contribution in [3.8, 4) is 17.0 Å². The summed E-state index contributed by atoms with van der Waals surface area (Å²) in [7, 11) is 7.24. The van der Waals surface area contributed by atoms with Gasteiger partial charge in [-0.25, -0.2) is 0 Å². The minimum atomic E-state index is -0.507. The number of nitrogens with one attached hydrogen (secondary N) is 1. The van der Waals surface area contributed by atoms with Crippen molar-refractivity contribution < 1.29 is 9.84 Å². The number of fused-ring (bicyclic) bond motifs is 1. The molecule has 1 saturated carbocycles. The number of rotatable bonds is 7. The second-order valence-electron chi connectivity index (χ2n) is 8.26. The van der Waals surface area contributed by atoms with Gasteiger partial charge in [-0.15, -0.1) is 0 Å². The van der Waals surface area contributed by atoms with Crippen LogP contribution in [0.5, 0.6) is 5.88 Å². The number of aromatic nitrogens is 2. The van der Waals surface area contributed by atoms with Gasteiger partial charge in [-0.05, 0) is 5.56 Å². The van der Waals surface area contributed by atoms with Gasteiger partial charge in [0.25, 0.3) is 0 Å². The maximum absolute atomic E-state index is 9.72. The van der Waals surface area contributed by atoms with Crippen molar-refractivity contribution in [1.29, 1.82) is 0 Å². The van der Waals surface area contributed by atoms with Gasteiger partial charge in [-0.2, -0.15) is 0 Å². The summed E-state index contributed by atoms with van der Waals surface area (Å²) in [5, 5.41) is 13.7. The third kappa shape index (κ3) is 3.76. The van der Waals surface area contributed by atoms with Crippen LogP contribution in [-0.2, 0) is 19.6 Å². The van der Waals surface area contributed by atoms with E-state index in [0.29, 0.717) is 36.4 Å². The van der Waals surface area contributed by atoms with Crippen molar-refractivity contribution in [1.82, 2.24) is 15.3 Å². The van der Waals surface area contributed by atoms with Gasteiger partial charge in [0.05, 0.1) is 0 Å². The minimum absolute atomic E-state index is 0.0789. The Kier molecular flexibility index (Phi) is 5.39. The molecule has 8 heteroatoms. The SMILES string of the molecule is [B]=C(O)C1(NCc2nc3c(c(OC)n2)CN(c2cccc(-c4ccccc4)c2Cl)C3)CC1. The standard InChI is InChI=1S/C24H23BClN4O2/c1-32-22-17-13-30(19-9-5-8-16(21(19)26)15-6-3-2-4-7-15)14-18(17)28-20(29-22)12-27-24(10-11-24)23(25)31/h2-9,27,31H,10-14H2,1H3. The molecule has 1 aliphatic heterocycles. The van der Waals surface area contributed by atoms with Gasteiger partial charge < -0.3 is 0 Å². The third-order valence-corrected chi connectivity index (χ3v) is 6.61. The van der Waals surface area contributed by atoms with Crippen molar-refractivity contribution in [2.75, 3.05) is 12.0 Å². The molecule has 1 aromatic heterocycles. The van der Waals surface area contributed by atoms with Crippen LogP contribution in [0.15, 0.2) is 48.5 Å². The molecule has 2 heterocycles. The van der Waals surface area contributed by atoms with E-state index in [2.05, 4.69) is 27.3 Å². The molecule has 0 amide bonds. The van der Waals surface area contributed by atoms with Gasteiger partial charge in [0.15, 0.2) is 0 Å². The molecule has 5 rings (SSSR count). The van der Waals surface area contributed by atoms with E-state index in [9.17, 15) is 5.11 Å². The zero-order valence-electron chi connectivity index (χ0n) is 17.8. The van der Waals surface area contributed by atoms with E-state index in [4.69, 9.17) is 28.8 Å². The summed E-state index contributed by atoms with van der Waals surface area (Å²) in [6.07, 6.45) is 1.61. The van der Waals surface area contributed by atoms with Crippen LogP contribution in [0.3, 0.4) is 0 Å². The molecule has 1 radical (unpaired) electrons. The fourth-order valence-electron chi connectivity index (χ4n) is 4.19. The van der Waals surface area contributed by atoms with E-state index >= 15 is 0 Å². The Morgan fingerprint density at radius 3 is 2.62 bits per heavy atom. The van der Waals surface area contributed by atoms with Gasteiger partial charge in [0.2, 0.25) is 0 Å². The van der Waals surface area contributed by atoms with E-state index in [1.807, 2.05) is 36.4 Å². The molecule has 2 aromatic carbocycles. The predicted octanol–water partition coefficient (Wildman–Crippen LogP) is 3.62. The second kappa shape index (κ2) is 8.22. The number of nitrogens with zero attached hydrogens (tertiary/aromatic N) is 3. The van der Waals surface area contributed by atoms with Crippen LogP contribution in [-0.4, -0.2) is 40.9 Å². The normalized spacial score (nSPS) is 16.0. The Labute approximate surface area is 193 Å². The van der Waals surface area contributed by atoms with Crippen molar-refractivity contribution in [2.24, 2.45) is 0 Å². The number of methoxy groups -OCH3 is 1. The second-order valence-corrected chi connectivity index (χ2v) is 8.63. The van der Waals surface area contributed by atoms with Crippen LogP contribution < -0.4 is 15.0 Å². The molecular weight excluding hydrogens is 423 g/mol.